The number of ether oxygens (including phenoxy) is 1. The highest BCUT2D eigenvalue weighted by Crippen LogP contribution is 2.33. The van der Waals surface area contributed by atoms with Crippen molar-refractivity contribution in [1.82, 2.24) is 0 Å². The van der Waals surface area contributed by atoms with E-state index < -0.39 is 0 Å². The van der Waals surface area contributed by atoms with Gasteiger partial charge in [0.15, 0.2) is 5.78 Å². The summed E-state index contributed by atoms with van der Waals surface area (Å²) in [7, 11) is 0. The number of carbonyl (C=O) groups is 1. The Morgan fingerprint density at radius 2 is 1.62 bits per heavy atom. The molecule has 3 aromatic rings. The molecule has 0 amide bonds. The third kappa shape index (κ3) is 3.52. The quantitative estimate of drug-likeness (QED) is 0.639. The molecule has 26 heavy (non-hydrogen) atoms. The van der Waals surface area contributed by atoms with E-state index in [2.05, 4.69) is 0 Å². The van der Waals surface area contributed by atoms with E-state index in [0.717, 1.165) is 34.4 Å². The summed E-state index contributed by atoms with van der Waals surface area (Å²) in [6.45, 7) is 0.398. The van der Waals surface area contributed by atoms with Crippen molar-refractivity contribution in [2.45, 2.75) is 25.4 Å². The maximum atomic E-state index is 12.9. The SMILES string of the molecule is O=C1CC(c2ccc(OCc3ccc(F)cc3)cc2)Cc2ccccc21. The zero-order valence-electron chi connectivity index (χ0n) is 14.3. The van der Waals surface area contributed by atoms with E-state index >= 15 is 0 Å². The second-order valence-electron chi connectivity index (χ2n) is 6.67. The Bertz CT molecular complexity index is 914. The van der Waals surface area contributed by atoms with Crippen molar-refractivity contribution >= 4 is 5.78 Å². The number of carbonyl (C=O) groups excluding carboxylic acids is 1. The molecular formula is C23H19FO2. The van der Waals surface area contributed by atoms with Crippen LogP contribution in [0.15, 0.2) is 72.8 Å². The highest BCUT2D eigenvalue weighted by Gasteiger charge is 2.25. The van der Waals surface area contributed by atoms with E-state index in [1.54, 1.807) is 12.1 Å². The number of ketones is 1. The fourth-order valence-corrected chi connectivity index (χ4v) is 3.46. The van der Waals surface area contributed by atoms with Crippen molar-refractivity contribution in [1.29, 1.82) is 0 Å². The molecular weight excluding hydrogens is 327 g/mol. The summed E-state index contributed by atoms with van der Waals surface area (Å²) in [5.41, 5.74) is 4.07. The van der Waals surface area contributed by atoms with Gasteiger partial charge >= 0.3 is 0 Å². The fourth-order valence-electron chi connectivity index (χ4n) is 3.46. The summed E-state index contributed by atoms with van der Waals surface area (Å²) in [5, 5.41) is 0. The molecule has 0 fully saturated rings. The molecule has 3 aromatic carbocycles. The first-order valence-corrected chi connectivity index (χ1v) is 8.77. The van der Waals surface area contributed by atoms with Crippen LogP contribution in [0.5, 0.6) is 5.75 Å². The van der Waals surface area contributed by atoms with Gasteiger partial charge in [-0.05, 0) is 53.3 Å². The van der Waals surface area contributed by atoms with Crippen LogP contribution in [-0.2, 0) is 13.0 Å². The Balaban J connectivity index is 1.43. The molecule has 1 atom stereocenters. The largest absolute Gasteiger partial charge is 0.489 e. The molecule has 4 rings (SSSR count). The van der Waals surface area contributed by atoms with Crippen LogP contribution in [0.1, 0.15) is 39.4 Å². The van der Waals surface area contributed by atoms with E-state index in [0.29, 0.717) is 13.0 Å². The lowest BCUT2D eigenvalue weighted by atomic mass is 9.79. The molecule has 0 spiro atoms. The Morgan fingerprint density at radius 3 is 2.38 bits per heavy atom. The number of benzene rings is 3. The van der Waals surface area contributed by atoms with Gasteiger partial charge in [-0.15, -0.1) is 0 Å². The minimum atomic E-state index is -0.248. The van der Waals surface area contributed by atoms with Crippen LogP contribution in [0.4, 0.5) is 4.39 Å². The van der Waals surface area contributed by atoms with Gasteiger partial charge in [0.2, 0.25) is 0 Å². The minimum Gasteiger partial charge on any atom is -0.489 e. The van der Waals surface area contributed by atoms with Crippen LogP contribution in [0.3, 0.4) is 0 Å². The van der Waals surface area contributed by atoms with E-state index in [1.807, 2.05) is 48.5 Å². The van der Waals surface area contributed by atoms with Crippen molar-refractivity contribution in [3.8, 4) is 5.75 Å². The zero-order valence-corrected chi connectivity index (χ0v) is 14.3. The molecule has 130 valence electrons. The van der Waals surface area contributed by atoms with Crippen LogP contribution < -0.4 is 4.74 Å². The topological polar surface area (TPSA) is 26.3 Å². The van der Waals surface area contributed by atoms with Crippen LogP contribution in [0, 0.1) is 5.82 Å². The van der Waals surface area contributed by atoms with Crippen LogP contribution >= 0.6 is 0 Å². The zero-order chi connectivity index (χ0) is 17.9. The molecule has 0 saturated heterocycles. The van der Waals surface area contributed by atoms with E-state index in [1.165, 1.54) is 12.1 Å². The van der Waals surface area contributed by atoms with Gasteiger partial charge in [0.1, 0.15) is 18.2 Å². The average Bonchev–Trinajstić information content (AvgIpc) is 2.68. The van der Waals surface area contributed by atoms with Crippen molar-refractivity contribution in [3.05, 3.63) is 101 Å². The lowest BCUT2D eigenvalue weighted by Crippen LogP contribution is -2.18. The third-order valence-electron chi connectivity index (χ3n) is 4.89. The number of hydrogen-bond donors (Lipinski definition) is 0. The smallest absolute Gasteiger partial charge is 0.163 e. The van der Waals surface area contributed by atoms with Gasteiger partial charge in [-0.3, -0.25) is 4.79 Å². The molecule has 0 heterocycles. The number of fused-ring (bicyclic) bond motifs is 1. The normalized spacial score (nSPS) is 16.2. The Kier molecular flexibility index (Phi) is 4.53. The molecule has 0 saturated carbocycles. The summed E-state index contributed by atoms with van der Waals surface area (Å²) in [6, 6.07) is 22.1. The molecule has 0 N–H and O–H groups in total. The molecule has 1 unspecified atom stereocenters. The van der Waals surface area contributed by atoms with Gasteiger partial charge in [0.25, 0.3) is 0 Å². The molecule has 1 aliphatic rings. The van der Waals surface area contributed by atoms with Gasteiger partial charge in [0.05, 0.1) is 0 Å². The highest BCUT2D eigenvalue weighted by atomic mass is 19.1. The Hall–Kier alpha value is -2.94. The highest BCUT2D eigenvalue weighted by molar-refractivity contribution is 5.99. The molecule has 0 bridgehead atoms. The standard InChI is InChI=1S/C23H19FO2/c24-20-9-5-16(6-10-20)15-26-21-11-7-17(8-12-21)19-13-18-3-1-2-4-22(18)23(25)14-19/h1-12,19H,13-15H2. The van der Waals surface area contributed by atoms with Crippen LogP contribution in [0.2, 0.25) is 0 Å². The van der Waals surface area contributed by atoms with Gasteiger partial charge < -0.3 is 4.74 Å². The third-order valence-corrected chi connectivity index (χ3v) is 4.89. The van der Waals surface area contributed by atoms with Crippen LogP contribution in [0.25, 0.3) is 0 Å². The first-order valence-electron chi connectivity index (χ1n) is 8.77. The number of Topliss-reactive ketones (excluding diaryl/α,β-unsaturated/α-hetero) is 1. The summed E-state index contributed by atoms with van der Waals surface area (Å²) in [5.74, 6) is 0.944. The maximum absolute atomic E-state index is 12.9. The van der Waals surface area contributed by atoms with Gasteiger partial charge in [-0.1, -0.05) is 48.5 Å². The molecule has 2 nitrogen and oxygen atoms in total. The summed E-state index contributed by atoms with van der Waals surface area (Å²) in [4.78, 5) is 12.4. The Labute approximate surface area is 152 Å². The second kappa shape index (κ2) is 7.12. The second-order valence-corrected chi connectivity index (χ2v) is 6.67. The molecule has 3 heteroatoms. The number of hydrogen-bond acceptors (Lipinski definition) is 2. The van der Waals surface area contributed by atoms with E-state index in [9.17, 15) is 9.18 Å². The monoisotopic (exact) mass is 346 g/mol. The van der Waals surface area contributed by atoms with Gasteiger partial charge in [-0.2, -0.15) is 0 Å². The molecule has 1 aliphatic carbocycles. The summed E-state index contributed by atoms with van der Waals surface area (Å²) in [6.07, 6.45) is 1.44. The van der Waals surface area contributed by atoms with Crippen LogP contribution in [-0.4, -0.2) is 5.78 Å². The van der Waals surface area contributed by atoms with Crippen molar-refractivity contribution in [2.75, 3.05) is 0 Å². The van der Waals surface area contributed by atoms with Crippen molar-refractivity contribution in [3.63, 3.8) is 0 Å². The average molecular weight is 346 g/mol. The Morgan fingerprint density at radius 1 is 0.885 bits per heavy atom. The lowest BCUT2D eigenvalue weighted by Gasteiger charge is -2.24. The molecule has 0 aromatic heterocycles. The predicted octanol–water partition coefficient (Wildman–Crippen LogP) is 5.32. The summed E-state index contributed by atoms with van der Waals surface area (Å²) >= 11 is 0. The first-order chi connectivity index (χ1) is 12.7. The molecule has 0 radical (unpaired) electrons. The predicted molar refractivity (Wildman–Crippen MR) is 99.0 cm³/mol. The maximum Gasteiger partial charge on any atom is 0.163 e. The van der Waals surface area contributed by atoms with Crippen molar-refractivity contribution in [2.24, 2.45) is 0 Å². The summed E-state index contributed by atoms with van der Waals surface area (Å²) < 4.78 is 18.7. The van der Waals surface area contributed by atoms with Gasteiger partial charge in [0, 0.05) is 12.0 Å². The number of halogens is 1. The first kappa shape index (κ1) is 16.5. The number of rotatable bonds is 4. The van der Waals surface area contributed by atoms with E-state index in [-0.39, 0.29) is 17.5 Å². The van der Waals surface area contributed by atoms with E-state index in [4.69, 9.17) is 4.74 Å². The lowest BCUT2D eigenvalue weighted by molar-refractivity contribution is 0.0964. The molecule has 0 aliphatic heterocycles. The van der Waals surface area contributed by atoms with Crippen molar-refractivity contribution < 1.29 is 13.9 Å². The minimum absolute atomic E-state index is 0.212. The fraction of sp³-hybridized carbons (Fsp3) is 0.174. The van der Waals surface area contributed by atoms with Gasteiger partial charge in [-0.25, -0.2) is 4.39 Å².